The Kier molecular flexibility index (Phi) is 7.70. The predicted molar refractivity (Wildman–Crippen MR) is 108 cm³/mol. The number of nitrogens with zero attached hydrogens (tertiary/aromatic N) is 1. The van der Waals surface area contributed by atoms with Crippen LogP contribution in [0, 0.1) is 0 Å². The molecule has 2 rings (SSSR count). The minimum absolute atomic E-state index is 0.203. The topological polar surface area (TPSA) is 100 Å². The van der Waals surface area contributed by atoms with Crippen molar-refractivity contribution in [2.75, 3.05) is 34.5 Å². The molecule has 0 aliphatic heterocycles. The number of carbonyl (C=O) groups is 2. The standard InChI is InChI=1S/C21H26N2O6/c1-5-28-16-9-7-6-8-14(16)12-23(2)21(25)15-10-17(26-3)20(18(11-15)27-4)29-13-19(22)24/h6-11H,5,12-13H2,1-4H3,(H2,22,24). The molecule has 0 saturated carbocycles. The summed E-state index contributed by atoms with van der Waals surface area (Å²) in [5, 5.41) is 0. The largest absolute Gasteiger partial charge is 0.494 e. The molecule has 0 bridgehead atoms. The molecule has 2 amide bonds. The van der Waals surface area contributed by atoms with Crippen molar-refractivity contribution in [3.05, 3.63) is 47.5 Å². The van der Waals surface area contributed by atoms with Gasteiger partial charge in [-0.2, -0.15) is 0 Å². The Labute approximate surface area is 170 Å². The van der Waals surface area contributed by atoms with Crippen LogP contribution in [0.3, 0.4) is 0 Å². The van der Waals surface area contributed by atoms with Gasteiger partial charge in [0.25, 0.3) is 11.8 Å². The Hall–Kier alpha value is -3.42. The maximum atomic E-state index is 13.0. The lowest BCUT2D eigenvalue weighted by molar-refractivity contribution is -0.120. The number of benzene rings is 2. The van der Waals surface area contributed by atoms with Gasteiger partial charge in [-0.05, 0) is 25.1 Å². The van der Waals surface area contributed by atoms with Crippen LogP contribution in [0.4, 0.5) is 0 Å². The van der Waals surface area contributed by atoms with Crippen LogP contribution in [0.5, 0.6) is 23.0 Å². The molecule has 8 heteroatoms. The molecule has 0 heterocycles. The Balaban J connectivity index is 2.28. The molecule has 29 heavy (non-hydrogen) atoms. The normalized spacial score (nSPS) is 10.2. The number of primary amides is 1. The Bertz CT molecular complexity index is 843. The number of ether oxygens (including phenoxy) is 4. The number of amides is 2. The van der Waals surface area contributed by atoms with Crippen LogP contribution in [0.2, 0.25) is 0 Å². The third-order valence-corrected chi connectivity index (χ3v) is 4.09. The van der Waals surface area contributed by atoms with Gasteiger partial charge in [0.1, 0.15) is 5.75 Å². The second-order valence-electron chi connectivity index (χ2n) is 6.17. The van der Waals surface area contributed by atoms with Crippen molar-refractivity contribution in [1.29, 1.82) is 0 Å². The molecule has 0 atom stereocenters. The van der Waals surface area contributed by atoms with Crippen molar-refractivity contribution in [3.63, 3.8) is 0 Å². The van der Waals surface area contributed by atoms with E-state index in [9.17, 15) is 9.59 Å². The quantitative estimate of drug-likeness (QED) is 0.654. The molecule has 2 N–H and O–H groups in total. The monoisotopic (exact) mass is 402 g/mol. The first-order valence-electron chi connectivity index (χ1n) is 9.04. The number of hydrogen-bond donors (Lipinski definition) is 1. The Morgan fingerprint density at radius 2 is 1.62 bits per heavy atom. The lowest BCUT2D eigenvalue weighted by Gasteiger charge is -2.21. The van der Waals surface area contributed by atoms with Crippen molar-refractivity contribution >= 4 is 11.8 Å². The highest BCUT2D eigenvalue weighted by atomic mass is 16.5. The Morgan fingerprint density at radius 3 is 2.17 bits per heavy atom. The highest BCUT2D eigenvalue weighted by Gasteiger charge is 2.21. The number of para-hydroxylation sites is 1. The van der Waals surface area contributed by atoms with Gasteiger partial charge in [-0.15, -0.1) is 0 Å². The van der Waals surface area contributed by atoms with Crippen molar-refractivity contribution in [2.24, 2.45) is 5.73 Å². The van der Waals surface area contributed by atoms with Crippen molar-refractivity contribution < 1.29 is 28.5 Å². The zero-order valence-corrected chi connectivity index (χ0v) is 17.1. The molecule has 2 aromatic carbocycles. The second kappa shape index (κ2) is 10.2. The van der Waals surface area contributed by atoms with Gasteiger partial charge in [0.2, 0.25) is 5.75 Å². The molecular formula is C21H26N2O6. The van der Waals surface area contributed by atoms with E-state index < -0.39 is 5.91 Å². The van der Waals surface area contributed by atoms with E-state index in [2.05, 4.69) is 0 Å². The predicted octanol–water partition coefficient (Wildman–Crippen LogP) is 2.24. The fraction of sp³-hybridized carbons (Fsp3) is 0.333. The van der Waals surface area contributed by atoms with Crippen LogP contribution in [-0.4, -0.2) is 51.2 Å². The Morgan fingerprint density at radius 1 is 1.00 bits per heavy atom. The molecule has 0 spiro atoms. The van der Waals surface area contributed by atoms with Gasteiger partial charge >= 0.3 is 0 Å². The zero-order valence-electron chi connectivity index (χ0n) is 17.1. The molecule has 2 aromatic rings. The lowest BCUT2D eigenvalue weighted by atomic mass is 10.1. The lowest BCUT2D eigenvalue weighted by Crippen LogP contribution is -2.26. The molecule has 0 fully saturated rings. The van der Waals surface area contributed by atoms with Gasteiger partial charge in [-0.3, -0.25) is 9.59 Å². The number of rotatable bonds is 10. The third-order valence-electron chi connectivity index (χ3n) is 4.09. The third kappa shape index (κ3) is 5.54. The highest BCUT2D eigenvalue weighted by molar-refractivity contribution is 5.95. The van der Waals surface area contributed by atoms with Crippen molar-refractivity contribution in [3.8, 4) is 23.0 Å². The van der Waals surface area contributed by atoms with Crippen LogP contribution in [0.25, 0.3) is 0 Å². The van der Waals surface area contributed by atoms with Crippen LogP contribution >= 0.6 is 0 Å². The van der Waals surface area contributed by atoms with Gasteiger partial charge in [0.15, 0.2) is 18.1 Å². The summed E-state index contributed by atoms with van der Waals surface area (Å²) in [6.45, 7) is 2.47. The second-order valence-corrected chi connectivity index (χ2v) is 6.17. The summed E-state index contributed by atoms with van der Waals surface area (Å²) in [6, 6.07) is 10.6. The van der Waals surface area contributed by atoms with Gasteiger partial charge in [-0.1, -0.05) is 18.2 Å². The summed E-state index contributed by atoms with van der Waals surface area (Å²) >= 11 is 0. The molecule has 0 aliphatic rings. The summed E-state index contributed by atoms with van der Waals surface area (Å²) in [6.07, 6.45) is 0. The molecule has 0 radical (unpaired) electrons. The number of nitrogens with two attached hydrogens (primary N) is 1. The van der Waals surface area contributed by atoms with Crippen LogP contribution in [-0.2, 0) is 11.3 Å². The number of carbonyl (C=O) groups excluding carboxylic acids is 2. The highest BCUT2D eigenvalue weighted by Crippen LogP contribution is 2.39. The maximum absolute atomic E-state index is 13.0. The summed E-state index contributed by atoms with van der Waals surface area (Å²) in [7, 11) is 4.56. The molecule has 0 unspecified atom stereocenters. The smallest absolute Gasteiger partial charge is 0.255 e. The van der Waals surface area contributed by atoms with Gasteiger partial charge in [0.05, 0.1) is 20.8 Å². The summed E-state index contributed by atoms with van der Waals surface area (Å²) in [5.41, 5.74) is 6.37. The van der Waals surface area contributed by atoms with Crippen LogP contribution < -0.4 is 24.7 Å². The number of hydrogen-bond acceptors (Lipinski definition) is 6. The van der Waals surface area contributed by atoms with E-state index in [-0.39, 0.29) is 29.8 Å². The summed E-state index contributed by atoms with van der Waals surface area (Å²) < 4.78 is 21.6. The molecule has 156 valence electrons. The first kappa shape index (κ1) is 21.9. The van der Waals surface area contributed by atoms with E-state index in [0.29, 0.717) is 18.7 Å². The van der Waals surface area contributed by atoms with Crippen LogP contribution in [0.1, 0.15) is 22.8 Å². The zero-order chi connectivity index (χ0) is 21.4. The fourth-order valence-electron chi connectivity index (χ4n) is 2.77. The SMILES string of the molecule is CCOc1ccccc1CN(C)C(=O)c1cc(OC)c(OCC(N)=O)c(OC)c1. The van der Waals surface area contributed by atoms with E-state index >= 15 is 0 Å². The van der Waals surface area contributed by atoms with Gasteiger partial charge in [0, 0.05) is 24.7 Å². The molecule has 8 nitrogen and oxygen atoms in total. The van der Waals surface area contributed by atoms with E-state index in [1.54, 1.807) is 11.9 Å². The summed E-state index contributed by atoms with van der Waals surface area (Å²) in [4.78, 5) is 25.6. The van der Waals surface area contributed by atoms with E-state index in [1.807, 2.05) is 31.2 Å². The molecule has 0 saturated heterocycles. The summed E-state index contributed by atoms with van der Waals surface area (Å²) in [5.74, 6) is 0.583. The number of methoxy groups -OCH3 is 2. The average Bonchev–Trinajstić information content (AvgIpc) is 2.72. The first-order valence-corrected chi connectivity index (χ1v) is 9.04. The fourth-order valence-corrected chi connectivity index (χ4v) is 2.77. The molecular weight excluding hydrogens is 376 g/mol. The van der Waals surface area contributed by atoms with E-state index in [0.717, 1.165) is 11.3 Å². The first-order chi connectivity index (χ1) is 13.9. The van der Waals surface area contributed by atoms with E-state index in [1.165, 1.54) is 26.4 Å². The van der Waals surface area contributed by atoms with Gasteiger partial charge in [-0.25, -0.2) is 0 Å². The van der Waals surface area contributed by atoms with Gasteiger partial charge < -0.3 is 29.6 Å². The van der Waals surface area contributed by atoms with Crippen molar-refractivity contribution in [1.82, 2.24) is 4.90 Å². The van der Waals surface area contributed by atoms with Crippen LogP contribution in [0.15, 0.2) is 36.4 Å². The average molecular weight is 402 g/mol. The minimum Gasteiger partial charge on any atom is -0.494 e. The minimum atomic E-state index is -0.637. The molecule has 0 aromatic heterocycles. The van der Waals surface area contributed by atoms with Crippen molar-refractivity contribution in [2.45, 2.75) is 13.5 Å². The van der Waals surface area contributed by atoms with E-state index in [4.69, 9.17) is 24.7 Å². The molecule has 0 aliphatic carbocycles. The maximum Gasteiger partial charge on any atom is 0.255 e.